The van der Waals surface area contributed by atoms with Gasteiger partial charge in [0.25, 0.3) is 11.8 Å². The Morgan fingerprint density at radius 1 is 1.27 bits per heavy atom. The van der Waals surface area contributed by atoms with Gasteiger partial charge in [-0.1, -0.05) is 0 Å². The third-order valence-corrected chi connectivity index (χ3v) is 2.28. The minimum Gasteiger partial charge on any atom is -0.207 e. The van der Waals surface area contributed by atoms with Crippen LogP contribution in [0.1, 0.15) is 19.3 Å². The summed E-state index contributed by atoms with van der Waals surface area (Å²) >= 11 is 0. The molecule has 0 aromatic carbocycles. The smallest absolute Gasteiger partial charge is 0.207 e. The van der Waals surface area contributed by atoms with E-state index in [0.29, 0.717) is 0 Å². The van der Waals surface area contributed by atoms with E-state index in [2.05, 4.69) is 0 Å². The summed E-state index contributed by atoms with van der Waals surface area (Å²) in [5.41, 5.74) is 0. The van der Waals surface area contributed by atoms with Crippen molar-refractivity contribution in [2.75, 3.05) is 0 Å². The minimum atomic E-state index is -2.71. The van der Waals surface area contributed by atoms with Gasteiger partial charge in [-0.2, -0.15) is 0 Å². The zero-order valence-corrected chi connectivity index (χ0v) is 5.71. The van der Waals surface area contributed by atoms with E-state index >= 15 is 0 Å². The second kappa shape index (κ2) is 1.72. The maximum Gasteiger partial charge on any atom is 0.255 e. The van der Waals surface area contributed by atoms with Gasteiger partial charge in [-0.3, -0.25) is 0 Å². The quantitative estimate of drug-likeness (QED) is 0.554. The van der Waals surface area contributed by atoms with Crippen molar-refractivity contribution in [1.29, 1.82) is 0 Å². The average Bonchev–Trinajstić information content (AvgIpc) is 2.54. The average molecular weight is 167 g/mol. The van der Waals surface area contributed by atoms with Gasteiger partial charge in [0.15, 0.2) is 0 Å². The van der Waals surface area contributed by atoms with Gasteiger partial charge in [0.2, 0.25) is 0 Å². The van der Waals surface area contributed by atoms with E-state index in [4.69, 9.17) is 0 Å². The molecule has 0 spiro atoms. The van der Waals surface area contributed by atoms with Crippen LogP contribution in [-0.2, 0) is 0 Å². The first-order valence-corrected chi connectivity index (χ1v) is 3.53. The zero-order chi connectivity index (χ0) is 8.28. The standard InChI is InChI=1S/C7H7F4/c8-6(9)2-4(6)1-5-3-7(5,10)11/h4H,1-3H2/t4-/m1/s1. The number of hydrogen-bond acceptors (Lipinski definition) is 0. The van der Waals surface area contributed by atoms with Crippen molar-refractivity contribution in [2.45, 2.75) is 31.1 Å². The molecule has 0 bridgehead atoms. The fourth-order valence-corrected chi connectivity index (χ4v) is 1.23. The molecule has 2 aliphatic rings. The molecule has 63 valence electrons. The Labute approximate surface area is 61.6 Å². The maximum absolute atomic E-state index is 12.2. The van der Waals surface area contributed by atoms with Gasteiger partial charge in [0.05, 0.1) is 5.92 Å². The van der Waals surface area contributed by atoms with Crippen LogP contribution in [0.15, 0.2) is 0 Å². The summed E-state index contributed by atoms with van der Waals surface area (Å²) in [5.74, 6) is -6.13. The van der Waals surface area contributed by atoms with Crippen LogP contribution in [0, 0.1) is 11.8 Å². The van der Waals surface area contributed by atoms with Crippen molar-refractivity contribution < 1.29 is 17.6 Å². The molecule has 2 saturated carbocycles. The lowest BCUT2D eigenvalue weighted by Gasteiger charge is -1.95. The maximum atomic E-state index is 12.2. The van der Waals surface area contributed by atoms with Gasteiger partial charge in [-0.15, -0.1) is 0 Å². The van der Waals surface area contributed by atoms with Gasteiger partial charge < -0.3 is 0 Å². The SMILES string of the molecule is FC1(F)C[C]1C[C@@H]1CC1(F)F. The molecule has 1 radical (unpaired) electrons. The highest BCUT2D eigenvalue weighted by Crippen LogP contribution is 2.61. The molecule has 0 amide bonds. The lowest BCUT2D eigenvalue weighted by atomic mass is 10.2. The molecule has 0 heterocycles. The van der Waals surface area contributed by atoms with Crippen LogP contribution in [0.2, 0.25) is 0 Å². The molecule has 0 saturated heterocycles. The Morgan fingerprint density at radius 2 is 1.73 bits per heavy atom. The molecule has 0 aromatic heterocycles. The second-order valence-electron chi connectivity index (χ2n) is 3.35. The predicted octanol–water partition coefficient (Wildman–Crippen LogP) is 2.65. The highest BCUT2D eigenvalue weighted by molar-refractivity contribution is 5.24. The third-order valence-electron chi connectivity index (χ3n) is 2.28. The minimum absolute atomic E-state index is 0.0136. The van der Waals surface area contributed by atoms with Crippen LogP contribution in [-0.4, -0.2) is 11.8 Å². The Hall–Kier alpha value is -0.280. The molecule has 0 aliphatic heterocycles. The van der Waals surface area contributed by atoms with Gasteiger partial charge >= 0.3 is 0 Å². The first-order chi connectivity index (χ1) is 4.92. The van der Waals surface area contributed by atoms with Crippen molar-refractivity contribution in [3.05, 3.63) is 5.92 Å². The van der Waals surface area contributed by atoms with Crippen molar-refractivity contribution in [2.24, 2.45) is 5.92 Å². The number of alkyl halides is 4. The lowest BCUT2D eigenvalue weighted by Crippen LogP contribution is -1.98. The Kier molecular flexibility index (Phi) is 1.15. The first kappa shape index (κ1) is 7.37. The fourth-order valence-electron chi connectivity index (χ4n) is 1.23. The molecule has 1 atom stereocenters. The monoisotopic (exact) mass is 167 g/mol. The first-order valence-electron chi connectivity index (χ1n) is 3.53. The molecule has 0 N–H and O–H groups in total. The van der Waals surface area contributed by atoms with Crippen LogP contribution in [0.25, 0.3) is 0 Å². The number of halogens is 4. The molecule has 0 nitrogen and oxygen atoms in total. The summed E-state index contributed by atoms with van der Waals surface area (Å²) in [6, 6.07) is 0. The highest BCUT2D eigenvalue weighted by Gasteiger charge is 2.65. The van der Waals surface area contributed by atoms with E-state index in [1.54, 1.807) is 0 Å². The van der Waals surface area contributed by atoms with E-state index in [0.717, 1.165) is 0 Å². The zero-order valence-electron chi connectivity index (χ0n) is 5.71. The Balaban J connectivity index is 1.79. The van der Waals surface area contributed by atoms with Gasteiger partial charge in [-0.25, -0.2) is 17.6 Å². The van der Waals surface area contributed by atoms with E-state index in [9.17, 15) is 17.6 Å². The van der Waals surface area contributed by atoms with Crippen LogP contribution in [0.4, 0.5) is 17.6 Å². The number of rotatable bonds is 2. The topological polar surface area (TPSA) is 0 Å². The van der Waals surface area contributed by atoms with E-state index in [-0.39, 0.29) is 25.2 Å². The molecule has 11 heavy (non-hydrogen) atoms. The normalized spacial score (nSPS) is 38.7. The largest absolute Gasteiger partial charge is 0.255 e. The molecule has 2 fully saturated rings. The van der Waals surface area contributed by atoms with Crippen LogP contribution in [0.3, 0.4) is 0 Å². The second-order valence-corrected chi connectivity index (χ2v) is 3.35. The van der Waals surface area contributed by atoms with Gasteiger partial charge in [-0.05, 0) is 6.42 Å². The molecule has 0 aromatic rings. The van der Waals surface area contributed by atoms with Gasteiger partial charge in [0, 0.05) is 18.8 Å². The predicted molar refractivity (Wildman–Crippen MR) is 30.5 cm³/mol. The lowest BCUT2D eigenvalue weighted by molar-refractivity contribution is 0.0936. The molecule has 2 aliphatic carbocycles. The summed E-state index contributed by atoms with van der Waals surface area (Å²) in [6.07, 6.45) is -0.536. The summed E-state index contributed by atoms with van der Waals surface area (Å²) in [5, 5.41) is 0. The van der Waals surface area contributed by atoms with E-state index < -0.39 is 17.8 Å². The van der Waals surface area contributed by atoms with Crippen LogP contribution in [0.5, 0.6) is 0 Å². The third kappa shape index (κ3) is 1.23. The fraction of sp³-hybridized carbons (Fsp3) is 0.857. The molecular weight excluding hydrogens is 160 g/mol. The van der Waals surface area contributed by atoms with E-state index in [1.807, 2.05) is 0 Å². The summed E-state index contributed by atoms with van der Waals surface area (Å²) < 4.78 is 48.7. The summed E-state index contributed by atoms with van der Waals surface area (Å²) in [4.78, 5) is 0. The van der Waals surface area contributed by atoms with Crippen molar-refractivity contribution in [3.8, 4) is 0 Å². The highest BCUT2D eigenvalue weighted by atomic mass is 19.3. The van der Waals surface area contributed by atoms with Crippen molar-refractivity contribution >= 4 is 0 Å². The molecule has 4 heteroatoms. The number of hydrogen-bond donors (Lipinski definition) is 0. The molecular formula is C7H7F4. The molecule has 2 rings (SSSR count). The van der Waals surface area contributed by atoms with Crippen molar-refractivity contribution in [3.63, 3.8) is 0 Å². The van der Waals surface area contributed by atoms with Crippen LogP contribution < -0.4 is 0 Å². The molecule has 0 unspecified atom stereocenters. The Bertz CT molecular complexity index is 167. The van der Waals surface area contributed by atoms with Crippen molar-refractivity contribution in [1.82, 2.24) is 0 Å². The summed E-state index contributed by atoms with van der Waals surface area (Å²) in [6.45, 7) is 0. The Morgan fingerprint density at radius 3 is 2.00 bits per heavy atom. The summed E-state index contributed by atoms with van der Waals surface area (Å²) in [7, 11) is 0. The van der Waals surface area contributed by atoms with E-state index in [1.165, 1.54) is 0 Å². The van der Waals surface area contributed by atoms with Gasteiger partial charge in [0.1, 0.15) is 0 Å². The van der Waals surface area contributed by atoms with Crippen LogP contribution >= 0.6 is 0 Å².